The lowest BCUT2D eigenvalue weighted by atomic mass is 9.80. The Morgan fingerprint density at radius 2 is 1.80 bits per heavy atom. The van der Waals surface area contributed by atoms with Crippen LogP contribution in [-0.4, -0.2) is 51.4 Å². The van der Waals surface area contributed by atoms with Gasteiger partial charge in [0.05, 0.1) is 23.7 Å². The Balaban J connectivity index is 1.37. The number of carbonyl (C=O) groups is 2. The molecule has 0 saturated heterocycles. The van der Waals surface area contributed by atoms with Gasteiger partial charge in [-0.3, -0.25) is 14.4 Å². The summed E-state index contributed by atoms with van der Waals surface area (Å²) >= 11 is 0. The minimum atomic E-state index is -4.82. The average Bonchev–Trinajstić information content (AvgIpc) is 3.63. The highest BCUT2D eigenvalue weighted by molar-refractivity contribution is 7.92. The van der Waals surface area contributed by atoms with Crippen molar-refractivity contribution in [1.29, 1.82) is 0 Å². The van der Waals surface area contributed by atoms with Gasteiger partial charge in [-0.25, -0.2) is 17.6 Å². The summed E-state index contributed by atoms with van der Waals surface area (Å²) in [5.41, 5.74) is -2.73. The number of rotatable bonds is 7. The summed E-state index contributed by atoms with van der Waals surface area (Å²) in [5.74, 6) is -0.700. The van der Waals surface area contributed by atoms with E-state index >= 15 is 0 Å². The SMILES string of the molecule is CC(C)(OC(=O)Nc1ccc2c(c1)N(S(=O)(=O)c1ccc(F)cc1)C[C@H](CNC(=O)C1CC13CCC3)O2)C(F)(F)F. The number of benzene rings is 2. The Morgan fingerprint density at radius 3 is 2.39 bits per heavy atom. The van der Waals surface area contributed by atoms with Crippen LogP contribution in [0.25, 0.3) is 0 Å². The molecule has 1 aliphatic heterocycles. The summed E-state index contributed by atoms with van der Waals surface area (Å²) in [6.07, 6.45) is -3.00. The molecule has 1 spiro atoms. The highest BCUT2D eigenvalue weighted by Gasteiger charge is 2.60. The first-order chi connectivity index (χ1) is 19.1. The summed E-state index contributed by atoms with van der Waals surface area (Å²) in [6, 6.07) is 8.07. The van der Waals surface area contributed by atoms with Crippen LogP contribution in [0.4, 0.5) is 33.7 Å². The van der Waals surface area contributed by atoms with Crippen LogP contribution in [0.15, 0.2) is 47.4 Å². The minimum Gasteiger partial charge on any atom is -0.484 e. The van der Waals surface area contributed by atoms with Crippen LogP contribution >= 0.6 is 0 Å². The lowest BCUT2D eigenvalue weighted by molar-refractivity contribution is -0.242. The van der Waals surface area contributed by atoms with Crippen LogP contribution in [0.1, 0.15) is 39.5 Å². The van der Waals surface area contributed by atoms with Gasteiger partial charge in [-0.15, -0.1) is 0 Å². The quantitative estimate of drug-likeness (QED) is 0.434. The number of hydrogen-bond acceptors (Lipinski definition) is 6. The summed E-state index contributed by atoms with van der Waals surface area (Å²) in [4.78, 5) is 24.7. The van der Waals surface area contributed by atoms with Crippen molar-refractivity contribution in [3.8, 4) is 5.75 Å². The number of carbonyl (C=O) groups excluding carboxylic acids is 2. The van der Waals surface area contributed by atoms with Crippen molar-refractivity contribution in [3.63, 3.8) is 0 Å². The van der Waals surface area contributed by atoms with Gasteiger partial charge in [0.1, 0.15) is 17.7 Å². The predicted molar refractivity (Wildman–Crippen MR) is 139 cm³/mol. The van der Waals surface area contributed by atoms with E-state index in [1.54, 1.807) is 0 Å². The second kappa shape index (κ2) is 10.1. The fourth-order valence-corrected chi connectivity index (χ4v) is 6.63. The molecule has 3 aliphatic rings. The zero-order chi connectivity index (χ0) is 29.8. The van der Waals surface area contributed by atoms with E-state index in [0.717, 1.165) is 54.3 Å². The van der Waals surface area contributed by atoms with E-state index in [1.807, 2.05) is 0 Å². The normalized spacial score (nSPS) is 21.3. The van der Waals surface area contributed by atoms with E-state index < -0.39 is 39.8 Å². The summed E-state index contributed by atoms with van der Waals surface area (Å²) in [5, 5.41) is 5.04. The number of alkyl halides is 3. The average molecular weight is 600 g/mol. The number of anilines is 2. The third kappa shape index (κ3) is 5.66. The van der Waals surface area contributed by atoms with Gasteiger partial charge in [-0.1, -0.05) is 6.42 Å². The largest absolute Gasteiger partial charge is 0.484 e. The van der Waals surface area contributed by atoms with Crippen molar-refractivity contribution in [2.24, 2.45) is 11.3 Å². The van der Waals surface area contributed by atoms with Crippen molar-refractivity contribution in [3.05, 3.63) is 48.3 Å². The van der Waals surface area contributed by atoms with Gasteiger partial charge >= 0.3 is 12.3 Å². The molecule has 14 heteroatoms. The molecule has 2 aromatic carbocycles. The van der Waals surface area contributed by atoms with Crippen LogP contribution in [-0.2, 0) is 19.6 Å². The van der Waals surface area contributed by atoms with E-state index in [0.29, 0.717) is 13.8 Å². The molecule has 2 aliphatic carbocycles. The fourth-order valence-electron chi connectivity index (χ4n) is 5.13. The van der Waals surface area contributed by atoms with E-state index in [2.05, 4.69) is 15.4 Å². The Labute approximate surface area is 234 Å². The maximum Gasteiger partial charge on any atom is 0.427 e. The van der Waals surface area contributed by atoms with Crippen LogP contribution in [0.5, 0.6) is 5.75 Å². The second-order valence-corrected chi connectivity index (χ2v) is 13.0. The molecule has 0 radical (unpaired) electrons. The number of amides is 2. The number of halogens is 4. The lowest BCUT2D eigenvalue weighted by Gasteiger charge is -2.36. The molecule has 2 fully saturated rings. The van der Waals surface area contributed by atoms with E-state index in [9.17, 15) is 35.6 Å². The Hall–Kier alpha value is -3.55. The van der Waals surface area contributed by atoms with Gasteiger partial charge in [0.25, 0.3) is 10.0 Å². The molecule has 2 aromatic rings. The van der Waals surface area contributed by atoms with Crippen molar-refractivity contribution < 1.29 is 45.0 Å². The van der Waals surface area contributed by atoms with Crippen molar-refractivity contribution in [2.75, 3.05) is 22.7 Å². The molecular weight excluding hydrogens is 570 g/mol. The molecule has 9 nitrogen and oxygen atoms in total. The zero-order valence-corrected chi connectivity index (χ0v) is 23.1. The topological polar surface area (TPSA) is 114 Å². The molecule has 0 aromatic heterocycles. The van der Waals surface area contributed by atoms with Crippen LogP contribution < -0.4 is 19.7 Å². The summed E-state index contributed by atoms with van der Waals surface area (Å²) in [7, 11) is -4.29. The molecule has 2 N–H and O–H groups in total. The maximum atomic E-state index is 13.6. The molecular formula is C27H29F4N3O6S. The second-order valence-electron chi connectivity index (χ2n) is 11.2. The van der Waals surface area contributed by atoms with Crippen LogP contribution in [0.2, 0.25) is 0 Å². The molecule has 1 heterocycles. The molecule has 5 rings (SSSR count). The summed E-state index contributed by atoms with van der Waals surface area (Å²) in [6.45, 7) is 1.17. The fraction of sp³-hybridized carbons (Fsp3) is 0.481. The minimum absolute atomic E-state index is 0.0135. The third-order valence-corrected chi connectivity index (χ3v) is 9.72. The number of nitrogens with one attached hydrogen (secondary N) is 2. The molecule has 2 saturated carbocycles. The molecule has 1 unspecified atom stereocenters. The highest BCUT2D eigenvalue weighted by Crippen LogP contribution is 2.65. The molecule has 0 bridgehead atoms. The van der Waals surface area contributed by atoms with Crippen LogP contribution in [0.3, 0.4) is 0 Å². The monoisotopic (exact) mass is 599 g/mol. The predicted octanol–water partition coefficient (Wildman–Crippen LogP) is 4.98. The van der Waals surface area contributed by atoms with Crippen molar-refractivity contribution in [1.82, 2.24) is 5.32 Å². The highest BCUT2D eigenvalue weighted by atomic mass is 32.2. The number of ether oxygens (including phenoxy) is 2. The number of sulfonamides is 1. The van der Waals surface area contributed by atoms with Crippen molar-refractivity contribution in [2.45, 2.75) is 62.3 Å². The Morgan fingerprint density at radius 1 is 1.12 bits per heavy atom. The lowest BCUT2D eigenvalue weighted by Crippen LogP contribution is -2.48. The Bertz CT molecular complexity index is 1460. The van der Waals surface area contributed by atoms with E-state index in [1.165, 1.54) is 18.2 Å². The summed E-state index contributed by atoms with van der Waals surface area (Å²) < 4.78 is 91.7. The van der Waals surface area contributed by atoms with E-state index in [4.69, 9.17) is 4.74 Å². The molecule has 222 valence electrons. The Kier molecular flexibility index (Phi) is 7.11. The van der Waals surface area contributed by atoms with Crippen LogP contribution in [0, 0.1) is 17.2 Å². The standard InChI is InChI=1S/C27H29F4N3O6S/c1-25(2,27(29,30)31)40-24(36)33-17-6-9-22-21(12-17)34(41(37,38)19-7-4-16(28)5-8-19)15-18(39-22)14-32-23(35)20-13-26(20)10-3-11-26/h4-9,12,18,20H,3,10-11,13-15H2,1-2H3,(H,32,35)(H,33,36)/t18-,20?/m0/s1. The zero-order valence-electron chi connectivity index (χ0n) is 22.3. The first-order valence-corrected chi connectivity index (χ1v) is 14.5. The smallest absolute Gasteiger partial charge is 0.427 e. The molecule has 2 amide bonds. The first kappa shape index (κ1) is 29.0. The number of nitrogens with zero attached hydrogens (tertiary/aromatic N) is 1. The van der Waals surface area contributed by atoms with Gasteiger partial charge in [-0.05, 0) is 81.0 Å². The maximum absolute atomic E-state index is 13.6. The van der Waals surface area contributed by atoms with Gasteiger partial charge in [-0.2, -0.15) is 13.2 Å². The molecule has 2 atom stereocenters. The number of fused-ring (bicyclic) bond motifs is 1. The van der Waals surface area contributed by atoms with Crippen molar-refractivity contribution >= 4 is 33.4 Å². The van der Waals surface area contributed by atoms with E-state index in [-0.39, 0.29) is 52.3 Å². The molecule has 41 heavy (non-hydrogen) atoms. The third-order valence-electron chi connectivity index (χ3n) is 7.93. The van der Waals surface area contributed by atoms with Gasteiger partial charge in [0, 0.05) is 11.6 Å². The number of hydrogen-bond donors (Lipinski definition) is 2. The van der Waals surface area contributed by atoms with Gasteiger partial charge < -0.3 is 14.8 Å². The van der Waals surface area contributed by atoms with Gasteiger partial charge in [0.2, 0.25) is 11.5 Å². The van der Waals surface area contributed by atoms with Gasteiger partial charge in [0.15, 0.2) is 0 Å². The first-order valence-electron chi connectivity index (χ1n) is 13.0.